The van der Waals surface area contributed by atoms with E-state index in [2.05, 4.69) is 13.0 Å². The summed E-state index contributed by atoms with van der Waals surface area (Å²) in [6, 6.07) is 14.6. The lowest BCUT2D eigenvalue weighted by atomic mass is 9.98. The molecule has 9 heteroatoms. The van der Waals surface area contributed by atoms with Crippen LogP contribution in [-0.4, -0.2) is 36.7 Å². The molecule has 2 aromatic heterocycles. The highest BCUT2D eigenvalue weighted by Crippen LogP contribution is 2.34. The molecule has 1 aliphatic rings. The van der Waals surface area contributed by atoms with Crippen molar-refractivity contribution in [3.8, 4) is 0 Å². The van der Waals surface area contributed by atoms with Crippen molar-refractivity contribution in [2.75, 3.05) is 18.0 Å². The Kier molecular flexibility index (Phi) is 6.72. The minimum absolute atomic E-state index is 0.136. The van der Waals surface area contributed by atoms with Gasteiger partial charge in [0, 0.05) is 13.1 Å². The highest BCUT2D eigenvalue weighted by molar-refractivity contribution is 7.89. The van der Waals surface area contributed by atoms with Crippen molar-refractivity contribution in [3.63, 3.8) is 0 Å². The maximum absolute atomic E-state index is 13.9. The predicted molar refractivity (Wildman–Crippen MR) is 142 cm³/mol. The Morgan fingerprint density at radius 1 is 1.14 bits per heavy atom. The number of hydrogen-bond donors (Lipinski definition) is 0. The number of hydrogen-bond acceptors (Lipinski definition) is 6. The van der Waals surface area contributed by atoms with E-state index in [0.717, 1.165) is 21.3 Å². The number of furan rings is 1. The molecule has 0 spiro atoms. The van der Waals surface area contributed by atoms with Gasteiger partial charge in [0.05, 0.1) is 33.8 Å². The molecule has 0 aliphatic carbocycles. The number of amides is 1. The zero-order valence-electron chi connectivity index (χ0n) is 20.6. The van der Waals surface area contributed by atoms with Crippen LogP contribution in [0.2, 0.25) is 0 Å². The number of anilines is 1. The first-order valence-corrected chi connectivity index (χ1v) is 14.3. The van der Waals surface area contributed by atoms with Crippen LogP contribution in [0.3, 0.4) is 0 Å². The number of fused-ring (bicyclic) bond motifs is 1. The summed E-state index contributed by atoms with van der Waals surface area (Å²) in [6.07, 6.45) is 2.82. The van der Waals surface area contributed by atoms with Gasteiger partial charge in [0.25, 0.3) is 0 Å². The second kappa shape index (κ2) is 9.80. The molecule has 1 atom stereocenters. The Morgan fingerprint density at radius 3 is 2.61 bits per heavy atom. The number of benzene rings is 2. The molecule has 3 heterocycles. The molecule has 0 saturated carbocycles. The average molecular weight is 524 g/mol. The summed E-state index contributed by atoms with van der Waals surface area (Å²) in [7, 11) is -3.68. The van der Waals surface area contributed by atoms with Gasteiger partial charge in [-0.15, -0.1) is 0 Å². The minimum atomic E-state index is -3.68. The normalized spacial score (nSPS) is 16.9. The van der Waals surface area contributed by atoms with Crippen LogP contribution in [-0.2, 0) is 21.4 Å². The fraction of sp³-hybridized carbons (Fsp3) is 0.333. The van der Waals surface area contributed by atoms with Crippen molar-refractivity contribution in [2.24, 2.45) is 5.92 Å². The van der Waals surface area contributed by atoms with E-state index in [1.807, 2.05) is 26.0 Å². The van der Waals surface area contributed by atoms with Crippen LogP contribution < -0.4 is 4.90 Å². The van der Waals surface area contributed by atoms with Gasteiger partial charge in [0.1, 0.15) is 5.76 Å². The van der Waals surface area contributed by atoms with Crippen LogP contribution in [0, 0.1) is 26.7 Å². The smallest absolute Gasteiger partial charge is 0.243 e. The zero-order chi connectivity index (χ0) is 25.4. The molecule has 1 unspecified atom stereocenters. The molecule has 2 aromatic carbocycles. The summed E-state index contributed by atoms with van der Waals surface area (Å²) < 4.78 is 34.7. The predicted octanol–water partition coefficient (Wildman–Crippen LogP) is 5.45. The molecule has 0 bridgehead atoms. The van der Waals surface area contributed by atoms with Crippen molar-refractivity contribution < 1.29 is 17.6 Å². The van der Waals surface area contributed by atoms with Crippen LogP contribution in [0.4, 0.5) is 5.13 Å². The third-order valence-electron chi connectivity index (χ3n) is 6.78. The highest BCUT2D eigenvalue weighted by atomic mass is 32.2. The van der Waals surface area contributed by atoms with Gasteiger partial charge < -0.3 is 4.42 Å². The van der Waals surface area contributed by atoms with Crippen LogP contribution >= 0.6 is 11.3 Å². The number of piperidine rings is 1. The maximum atomic E-state index is 13.9. The Balaban J connectivity index is 1.45. The Labute approximate surface area is 215 Å². The molecule has 0 radical (unpaired) electrons. The molecular weight excluding hydrogens is 494 g/mol. The van der Waals surface area contributed by atoms with Gasteiger partial charge in [0.15, 0.2) is 5.13 Å². The van der Waals surface area contributed by atoms with E-state index in [0.29, 0.717) is 30.3 Å². The molecule has 188 valence electrons. The second-order valence-corrected chi connectivity index (χ2v) is 12.4. The van der Waals surface area contributed by atoms with Crippen molar-refractivity contribution in [1.29, 1.82) is 0 Å². The Hall–Kier alpha value is -3.01. The number of sulfonamides is 1. The molecule has 1 amide bonds. The number of thiazole rings is 1. The monoisotopic (exact) mass is 523 g/mol. The van der Waals surface area contributed by atoms with Gasteiger partial charge in [-0.25, -0.2) is 13.4 Å². The van der Waals surface area contributed by atoms with Crippen LogP contribution in [0.5, 0.6) is 0 Å². The fourth-order valence-corrected chi connectivity index (χ4v) is 7.10. The van der Waals surface area contributed by atoms with Crippen LogP contribution in [0.1, 0.15) is 35.3 Å². The number of carbonyl (C=O) groups excluding carboxylic acids is 1. The number of nitrogens with zero attached hydrogens (tertiary/aromatic N) is 3. The molecule has 1 saturated heterocycles. The molecule has 4 aromatic rings. The lowest BCUT2D eigenvalue weighted by Gasteiger charge is -2.33. The molecule has 7 nitrogen and oxygen atoms in total. The molecule has 36 heavy (non-hydrogen) atoms. The van der Waals surface area contributed by atoms with Gasteiger partial charge >= 0.3 is 0 Å². The number of aromatic nitrogens is 1. The standard InChI is InChI=1S/C27H29N3O4S2/c1-18-8-10-23(11-9-18)36(32,33)29-12-4-6-21(16-29)26(31)30(17-22-7-5-13-34-22)27-28-24-14-19(2)20(3)15-25(24)35-27/h5,7-11,13-15,21H,4,6,12,16-17H2,1-3H3. The van der Waals surface area contributed by atoms with Gasteiger partial charge in [-0.05, 0) is 81.1 Å². The summed E-state index contributed by atoms with van der Waals surface area (Å²) in [6.45, 7) is 6.81. The summed E-state index contributed by atoms with van der Waals surface area (Å²) in [5.41, 5.74) is 4.16. The van der Waals surface area contributed by atoms with E-state index in [-0.39, 0.29) is 23.9 Å². The Bertz CT molecular complexity index is 1450. The van der Waals surface area contributed by atoms with E-state index in [4.69, 9.17) is 9.40 Å². The van der Waals surface area contributed by atoms with Crippen molar-refractivity contribution in [2.45, 2.75) is 45.1 Å². The summed E-state index contributed by atoms with van der Waals surface area (Å²) in [4.78, 5) is 20.6. The van der Waals surface area contributed by atoms with Crippen molar-refractivity contribution >= 4 is 42.6 Å². The van der Waals surface area contributed by atoms with E-state index >= 15 is 0 Å². The molecular formula is C27H29N3O4S2. The van der Waals surface area contributed by atoms with Crippen LogP contribution in [0.15, 0.2) is 64.1 Å². The largest absolute Gasteiger partial charge is 0.467 e. The number of aryl methyl sites for hydroxylation is 3. The van der Waals surface area contributed by atoms with Gasteiger partial charge in [-0.2, -0.15) is 4.31 Å². The highest BCUT2D eigenvalue weighted by Gasteiger charge is 2.36. The Morgan fingerprint density at radius 2 is 1.89 bits per heavy atom. The summed E-state index contributed by atoms with van der Waals surface area (Å²) in [5, 5.41) is 0.593. The third kappa shape index (κ3) is 4.83. The van der Waals surface area contributed by atoms with E-state index in [1.54, 1.807) is 41.5 Å². The first kappa shape index (κ1) is 24.7. The quantitative estimate of drug-likeness (QED) is 0.336. The van der Waals surface area contributed by atoms with Crippen LogP contribution in [0.25, 0.3) is 10.2 Å². The topological polar surface area (TPSA) is 83.7 Å². The van der Waals surface area contributed by atoms with E-state index in [9.17, 15) is 13.2 Å². The van der Waals surface area contributed by atoms with Crippen molar-refractivity contribution in [1.82, 2.24) is 9.29 Å². The SMILES string of the molecule is Cc1ccc(S(=O)(=O)N2CCCC(C(=O)N(Cc3ccco3)c3nc4cc(C)c(C)cc4s3)C2)cc1. The molecule has 5 rings (SSSR count). The molecule has 1 fully saturated rings. The average Bonchev–Trinajstić information content (AvgIpc) is 3.52. The number of carbonyl (C=O) groups is 1. The summed E-state index contributed by atoms with van der Waals surface area (Å²) in [5.74, 6) is 0.0436. The third-order valence-corrected chi connectivity index (χ3v) is 9.70. The lowest BCUT2D eigenvalue weighted by Crippen LogP contribution is -2.46. The second-order valence-electron chi connectivity index (χ2n) is 9.42. The molecule has 1 aliphatic heterocycles. The van der Waals surface area contributed by atoms with E-state index in [1.165, 1.54) is 21.2 Å². The lowest BCUT2D eigenvalue weighted by molar-refractivity contribution is -0.123. The fourth-order valence-electron chi connectivity index (χ4n) is 4.52. The van der Waals surface area contributed by atoms with Gasteiger partial charge in [0.2, 0.25) is 15.9 Å². The summed E-state index contributed by atoms with van der Waals surface area (Å²) >= 11 is 1.47. The van der Waals surface area contributed by atoms with Gasteiger partial charge in [-0.3, -0.25) is 9.69 Å². The molecule has 0 N–H and O–H groups in total. The minimum Gasteiger partial charge on any atom is -0.467 e. The number of rotatable bonds is 6. The van der Waals surface area contributed by atoms with E-state index < -0.39 is 15.9 Å². The first-order chi connectivity index (χ1) is 17.2. The zero-order valence-corrected chi connectivity index (χ0v) is 22.2. The first-order valence-electron chi connectivity index (χ1n) is 12.0. The maximum Gasteiger partial charge on any atom is 0.243 e. The van der Waals surface area contributed by atoms with Gasteiger partial charge in [-0.1, -0.05) is 29.0 Å². The van der Waals surface area contributed by atoms with Crippen molar-refractivity contribution in [3.05, 3.63) is 77.2 Å².